The Morgan fingerprint density at radius 2 is 1.74 bits per heavy atom. The first-order chi connectivity index (χ1) is 13.2. The summed E-state index contributed by atoms with van der Waals surface area (Å²) >= 11 is 6.19. The Morgan fingerprint density at radius 3 is 2.48 bits per heavy atom. The van der Waals surface area contributed by atoms with Gasteiger partial charge in [0.25, 0.3) is 5.91 Å². The summed E-state index contributed by atoms with van der Waals surface area (Å²) in [5.74, 6) is 0.527. The van der Waals surface area contributed by atoms with Gasteiger partial charge in [-0.3, -0.25) is 4.79 Å². The molecule has 6 heteroatoms. The van der Waals surface area contributed by atoms with Crippen molar-refractivity contribution < 1.29 is 9.21 Å². The van der Waals surface area contributed by atoms with Gasteiger partial charge >= 0.3 is 0 Å². The van der Waals surface area contributed by atoms with Crippen molar-refractivity contribution in [2.45, 2.75) is 0 Å². The fourth-order valence-electron chi connectivity index (χ4n) is 3.14. The Balaban J connectivity index is 1.44. The van der Waals surface area contributed by atoms with Crippen molar-refractivity contribution in [3.05, 3.63) is 71.4 Å². The third-order valence-electron chi connectivity index (χ3n) is 4.58. The number of halogens is 1. The smallest absolute Gasteiger partial charge is 0.291 e. The first kappa shape index (κ1) is 17.6. The van der Waals surface area contributed by atoms with Crippen LogP contribution in [0, 0.1) is 0 Å². The van der Waals surface area contributed by atoms with Crippen molar-refractivity contribution in [1.29, 1.82) is 0 Å². The molecule has 5 nitrogen and oxygen atoms in total. The molecule has 1 aliphatic heterocycles. The van der Waals surface area contributed by atoms with Crippen LogP contribution in [-0.2, 0) is 0 Å². The molecule has 0 radical (unpaired) electrons. The molecule has 0 unspecified atom stereocenters. The Hall–Kier alpha value is -2.76. The maximum atomic E-state index is 12.5. The van der Waals surface area contributed by atoms with Crippen LogP contribution in [0.1, 0.15) is 10.6 Å². The molecular weight excluding hydrogens is 362 g/mol. The molecular formula is C21H20ClN3O2. The summed E-state index contributed by atoms with van der Waals surface area (Å²) < 4.78 is 5.69. The van der Waals surface area contributed by atoms with Gasteiger partial charge in [0.1, 0.15) is 5.76 Å². The normalized spacial score (nSPS) is 14.2. The lowest BCUT2D eigenvalue weighted by Crippen LogP contribution is -2.43. The van der Waals surface area contributed by atoms with Crippen LogP contribution in [-0.4, -0.2) is 32.1 Å². The fraction of sp³-hybridized carbons (Fsp3) is 0.190. The summed E-state index contributed by atoms with van der Waals surface area (Å²) in [6, 6.07) is 18.7. The number of nitrogens with zero attached hydrogens (tertiary/aromatic N) is 1. The van der Waals surface area contributed by atoms with Crippen molar-refractivity contribution in [1.82, 2.24) is 5.32 Å². The lowest BCUT2D eigenvalue weighted by Gasteiger charge is -2.29. The summed E-state index contributed by atoms with van der Waals surface area (Å²) in [7, 11) is 0. The minimum absolute atomic E-state index is 0.246. The molecule has 1 fully saturated rings. The highest BCUT2D eigenvalue weighted by atomic mass is 35.5. The molecule has 0 aliphatic carbocycles. The van der Waals surface area contributed by atoms with Crippen molar-refractivity contribution >= 4 is 28.9 Å². The number of rotatable bonds is 4. The number of carbonyl (C=O) groups is 1. The van der Waals surface area contributed by atoms with Gasteiger partial charge < -0.3 is 20.0 Å². The van der Waals surface area contributed by atoms with Crippen LogP contribution in [0.3, 0.4) is 0 Å². The minimum Gasteiger partial charge on any atom is -0.451 e. The van der Waals surface area contributed by atoms with Gasteiger partial charge in [-0.25, -0.2) is 0 Å². The van der Waals surface area contributed by atoms with Gasteiger partial charge in [0.15, 0.2) is 5.76 Å². The summed E-state index contributed by atoms with van der Waals surface area (Å²) in [5, 5.41) is 6.80. The summed E-state index contributed by atoms with van der Waals surface area (Å²) in [6.07, 6.45) is 0. The number of amides is 1. The van der Waals surface area contributed by atoms with E-state index in [2.05, 4.69) is 15.5 Å². The molecule has 0 atom stereocenters. The predicted octanol–water partition coefficient (Wildman–Crippen LogP) is 4.26. The van der Waals surface area contributed by atoms with Crippen molar-refractivity contribution in [3.8, 4) is 11.3 Å². The Bertz CT molecular complexity index is 931. The van der Waals surface area contributed by atoms with Crippen LogP contribution in [0.25, 0.3) is 11.3 Å². The van der Waals surface area contributed by atoms with E-state index in [0.717, 1.165) is 43.1 Å². The van der Waals surface area contributed by atoms with Crippen LogP contribution in [0.15, 0.2) is 65.1 Å². The van der Waals surface area contributed by atoms with Gasteiger partial charge in [-0.15, -0.1) is 0 Å². The topological polar surface area (TPSA) is 57.5 Å². The second kappa shape index (κ2) is 7.86. The van der Waals surface area contributed by atoms with Gasteiger partial charge in [0, 0.05) is 43.1 Å². The fourth-order valence-corrected chi connectivity index (χ4v) is 3.37. The van der Waals surface area contributed by atoms with E-state index in [0.29, 0.717) is 10.8 Å². The molecule has 2 aromatic carbocycles. The highest BCUT2D eigenvalue weighted by Gasteiger charge is 2.15. The minimum atomic E-state index is -0.289. The summed E-state index contributed by atoms with van der Waals surface area (Å²) in [5.41, 5.74) is 2.65. The highest BCUT2D eigenvalue weighted by molar-refractivity contribution is 6.33. The number of carbonyl (C=O) groups excluding carboxylic acids is 1. The lowest BCUT2D eigenvalue weighted by atomic mass is 10.2. The second-order valence-electron chi connectivity index (χ2n) is 6.38. The molecule has 0 bridgehead atoms. The zero-order chi connectivity index (χ0) is 18.6. The number of anilines is 2. The van der Waals surface area contributed by atoms with E-state index in [9.17, 15) is 4.79 Å². The van der Waals surface area contributed by atoms with Crippen LogP contribution in [0.5, 0.6) is 0 Å². The van der Waals surface area contributed by atoms with E-state index in [-0.39, 0.29) is 11.7 Å². The molecule has 1 aromatic heterocycles. The van der Waals surface area contributed by atoms with Crippen LogP contribution >= 0.6 is 11.6 Å². The third-order valence-corrected chi connectivity index (χ3v) is 4.91. The average molecular weight is 382 g/mol. The number of benzene rings is 2. The first-order valence-corrected chi connectivity index (χ1v) is 9.30. The number of hydrogen-bond donors (Lipinski definition) is 2. The van der Waals surface area contributed by atoms with E-state index in [1.54, 1.807) is 18.2 Å². The molecule has 1 saturated heterocycles. The quantitative estimate of drug-likeness (QED) is 0.708. The van der Waals surface area contributed by atoms with Crippen molar-refractivity contribution in [3.63, 3.8) is 0 Å². The molecule has 1 aliphatic rings. The molecule has 138 valence electrons. The van der Waals surface area contributed by atoms with E-state index in [1.807, 2.05) is 42.5 Å². The largest absolute Gasteiger partial charge is 0.451 e. The van der Waals surface area contributed by atoms with E-state index in [1.165, 1.54) is 0 Å². The molecule has 2 heterocycles. The van der Waals surface area contributed by atoms with E-state index >= 15 is 0 Å². The summed E-state index contributed by atoms with van der Waals surface area (Å²) in [4.78, 5) is 14.8. The zero-order valence-electron chi connectivity index (χ0n) is 14.7. The molecule has 27 heavy (non-hydrogen) atoms. The maximum absolute atomic E-state index is 12.5. The standard InChI is InChI=1S/C21H20ClN3O2/c22-18-4-2-1-3-17(18)19-9-10-20(27-19)21(26)24-15-5-7-16(8-6-15)25-13-11-23-12-14-25/h1-10,23H,11-14H2,(H,24,26). The third kappa shape index (κ3) is 3.99. The molecule has 0 saturated carbocycles. The van der Waals surface area contributed by atoms with Crippen molar-refractivity contribution in [2.75, 3.05) is 36.4 Å². The Kier molecular flexibility index (Phi) is 5.14. The zero-order valence-corrected chi connectivity index (χ0v) is 15.5. The Labute approximate surface area is 162 Å². The van der Waals surface area contributed by atoms with Gasteiger partial charge in [-0.1, -0.05) is 23.7 Å². The van der Waals surface area contributed by atoms with Crippen LogP contribution in [0.2, 0.25) is 5.02 Å². The van der Waals surface area contributed by atoms with Gasteiger partial charge in [-0.2, -0.15) is 0 Å². The number of hydrogen-bond acceptors (Lipinski definition) is 4. The van der Waals surface area contributed by atoms with Crippen molar-refractivity contribution in [2.24, 2.45) is 0 Å². The number of nitrogens with one attached hydrogen (secondary N) is 2. The molecule has 4 rings (SSSR count). The number of piperazine rings is 1. The molecule has 3 aromatic rings. The molecule has 0 spiro atoms. The predicted molar refractivity (Wildman–Crippen MR) is 109 cm³/mol. The summed E-state index contributed by atoms with van der Waals surface area (Å²) in [6.45, 7) is 3.96. The molecule has 2 N–H and O–H groups in total. The van der Waals surface area contributed by atoms with E-state index < -0.39 is 0 Å². The van der Waals surface area contributed by atoms with Gasteiger partial charge in [-0.05, 0) is 48.5 Å². The van der Waals surface area contributed by atoms with Crippen LogP contribution < -0.4 is 15.5 Å². The Morgan fingerprint density at radius 1 is 1.00 bits per heavy atom. The van der Waals surface area contributed by atoms with E-state index in [4.69, 9.17) is 16.0 Å². The van der Waals surface area contributed by atoms with Crippen LogP contribution in [0.4, 0.5) is 11.4 Å². The first-order valence-electron chi connectivity index (χ1n) is 8.92. The number of furan rings is 1. The monoisotopic (exact) mass is 381 g/mol. The maximum Gasteiger partial charge on any atom is 0.291 e. The van der Waals surface area contributed by atoms with Gasteiger partial charge in [0.2, 0.25) is 0 Å². The lowest BCUT2D eigenvalue weighted by molar-refractivity contribution is 0.0997. The second-order valence-corrected chi connectivity index (χ2v) is 6.79. The SMILES string of the molecule is O=C(Nc1ccc(N2CCNCC2)cc1)c1ccc(-c2ccccc2Cl)o1. The highest BCUT2D eigenvalue weighted by Crippen LogP contribution is 2.29. The average Bonchev–Trinajstić information content (AvgIpc) is 3.20. The molecule has 1 amide bonds. The van der Waals surface area contributed by atoms with Gasteiger partial charge in [0.05, 0.1) is 5.02 Å².